The molecule has 0 spiro atoms. The van der Waals surface area contributed by atoms with Crippen LogP contribution >= 0.6 is 23.7 Å². The van der Waals surface area contributed by atoms with Gasteiger partial charge in [0.1, 0.15) is 5.01 Å². The SMILES string of the molecule is CC1CNCCN1Cc1ncc(C(C)(C)C)s1.Cl. The molecule has 0 amide bonds. The van der Waals surface area contributed by atoms with Gasteiger partial charge in [-0.3, -0.25) is 4.90 Å². The fourth-order valence-electron chi connectivity index (χ4n) is 2.02. The van der Waals surface area contributed by atoms with Gasteiger partial charge in [0, 0.05) is 36.8 Å². The van der Waals surface area contributed by atoms with E-state index in [1.165, 1.54) is 9.88 Å². The molecule has 1 atom stereocenters. The second kappa shape index (κ2) is 6.33. The predicted octanol–water partition coefficient (Wildman–Crippen LogP) is 2.66. The molecule has 0 saturated carbocycles. The third-order valence-corrected chi connectivity index (χ3v) is 4.68. The summed E-state index contributed by atoms with van der Waals surface area (Å²) in [5.74, 6) is 0. The maximum absolute atomic E-state index is 4.57. The zero-order chi connectivity index (χ0) is 12.5. The molecular weight excluding hydrogens is 266 g/mol. The molecule has 18 heavy (non-hydrogen) atoms. The number of hydrogen-bond acceptors (Lipinski definition) is 4. The summed E-state index contributed by atoms with van der Waals surface area (Å²) in [6.45, 7) is 13.4. The maximum atomic E-state index is 4.57. The molecule has 0 bridgehead atoms. The standard InChI is InChI=1S/C13H23N3S.ClH/c1-10-7-14-5-6-16(10)9-12-15-8-11(17-12)13(2,3)4;/h8,10,14H,5-7,9H2,1-4H3;1H. The summed E-state index contributed by atoms with van der Waals surface area (Å²) in [6, 6.07) is 0.616. The molecule has 104 valence electrons. The monoisotopic (exact) mass is 289 g/mol. The van der Waals surface area contributed by atoms with E-state index in [0.717, 1.165) is 26.2 Å². The van der Waals surface area contributed by atoms with Gasteiger partial charge < -0.3 is 5.32 Å². The minimum absolute atomic E-state index is 0. The van der Waals surface area contributed by atoms with Gasteiger partial charge in [0.05, 0.1) is 6.54 Å². The van der Waals surface area contributed by atoms with Gasteiger partial charge in [0.15, 0.2) is 0 Å². The van der Waals surface area contributed by atoms with Crippen LogP contribution in [0.2, 0.25) is 0 Å². The lowest BCUT2D eigenvalue weighted by atomic mass is 9.96. The van der Waals surface area contributed by atoms with Crippen molar-refractivity contribution < 1.29 is 0 Å². The van der Waals surface area contributed by atoms with E-state index in [1.54, 1.807) is 0 Å². The van der Waals surface area contributed by atoms with Gasteiger partial charge in [-0.05, 0) is 12.3 Å². The largest absolute Gasteiger partial charge is 0.314 e. The van der Waals surface area contributed by atoms with Gasteiger partial charge in [0.25, 0.3) is 0 Å². The highest BCUT2D eigenvalue weighted by Gasteiger charge is 2.21. The minimum atomic E-state index is 0. The number of thiazole rings is 1. The lowest BCUT2D eigenvalue weighted by Crippen LogP contribution is -2.49. The molecule has 1 aromatic rings. The van der Waals surface area contributed by atoms with Crippen LogP contribution < -0.4 is 5.32 Å². The van der Waals surface area contributed by atoms with E-state index in [-0.39, 0.29) is 17.8 Å². The van der Waals surface area contributed by atoms with Crippen molar-refractivity contribution in [1.29, 1.82) is 0 Å². The van der Waals surface area contributed by atoms with E-state index in [9.17, 15) is 0 Å². The van der Waals surface area contributed by atoms with Crippen molar-refractivity contribution in [3.63, 3.8) is 0 Å². The summed E-state index contributed by atoms with van der Waals surface area (Å²) in [4.78, 5) is 8.47. The Kier molecular flexibility index (Phi) is 5.59. The first-order chi connectivity index (χ1) is 7.97. The highest BCUT2D eigenvalue weighted by Crippen LogP contribution is 2.28. The van der Waals surface area contributed by atoms with E-state index in [2.05, 4.69) is 42.9 Å². The highest BCUT2D eigenvalue weighted by molar-refractivity contribution is 7.11. The fourth-order valence-corrected chi connectivity index (χ4v) is 3.02. The lowest BCUT2D eigenvalue weighted by molar-refractivity contribution is 0.165. The molecule has 5 heteroatoms. The number of hydrogen-bond donors (Lipinski definition) is 1. The molecule has 1 N–H and O–H groups in total. The first kappa shape index (κ1) is 15.9. The van der Waals surface area contributed by atoms with Crippen LogP contribution in [-0.2, 0) is 12.0 Å². The molecule has 0 radical (unpaired) electrons. The van der Waals surface area contributed by atoms with Crippen LogP contribution in [0.4, 0.5) is 0 Å². The van der Waals surface area contributed by atoms with E-state index >= 15 is 0 Å². The molecule has 1 aliphatic rings. The van der Waals surface area contributed by atoms with Gasteiger partial charge >= 0.3 is 0 Å². The number of rotatable bonds is 2. The number of aromatic nitrogens is 1. The number of halogens is 1. The van der Waals surface area contributed by atoms with Crippen LogP contribution in [0, 0.1) is 0 Å². The van der Waals surface area contributed by atoms with Crippen LogP contribution in [0.5, 0.6) is 0 Å². The summed E-state index contributed by atoms with van der Waals surface area (Å²) in [5.41, 5.74) is 0.227. The quantitative estimate of drug-likeness (QED) is 0.907. The number of nitrogens with one attached hydrogen (secondary N) is 1. The smallest absolute Gasteiger partial charge is 0.107 e. The van der Waals surface area contributed by atoms with Gasteiger partial charge in [-0.15, -0.1) is 23.7 Å². The Hall–Kier alpha value is -0.160. The second-order valence-corrected chi connectivity index (χ2v) is 7.01. The van der Waals surface area contributed by atoms with Crippen molar-refractivity contribution in [2.75, 3.05) is 19.6 Å². The molecule has 2 heterocycles. The van der Waals surface area contributed by atoms with Crippen LogP contribution in [0.3, 0.4) is 0 Å². The molecule has 1 unspecified atom stereocenters. The van der Waals surface area contributed by atoms with Gasteiger partial charge in [-0.2, -0.15) is 0 Å². The predicted molar refractivity (Wildman–Crippen MR) is 80.8 cm³/mol. The molecule has 3 nitrogen and oxygen atoms in total. The summed E-state index contributed by atoms with van der Waals surface area (Å²) in [5, 5.41) is 4.67. The van der Waals surface area contributed by atoms with Crippen molar-refractivity contribution in [3.05, 3.63) is 16.1 Å². The molecule has 0 aromatic carbocycles. The topological polar surface area (TPSA) is 28.2 Å². The molecular formula is C13H24ClN3S. The average molecular weight is 290 g/mol. The molecule has 2 rings (SSSR count). The molecule has 1 aromatic heterocycles. The summed E-state index contributed by atoms with van der Waals surface area (Å²) >= 11 is 1.86. The van der Waals surface area contributed by atoms with E-state index < -0.39 is 0 Å². The minimum Gasteiger partial charge on any atom is -0.314 e. The number of piperazine rings is 1. The van der Waals surface area contributed by atoms with E-state index in [4.69, 9.17) is 0 Å². The first-order valence-corrected chi connectivity index (χ1v) is 7.18. The summed E-state index contributed by atoms with van der Waals surface area (Å²) in [6.07, 6.45) is 2.05. The number of nitrogens with zero attached hydrogens (tertiary/aromatic N) is 2. The lowest BCUT2D eigenvalue weighted by Gasteiger charge is -2.33. The third-order valence-electron chi connectivity index (χ3n) is 3.27. The Morgan fingerprint density at radius 2 is 2.22 bits per heavy atom. The summed E-state index contributed by atoms with van der Waals surface area (Å²) < 4.78 is 0. The van der Waals surface area contributed by atoms with Crippen LogP contribution in [0.15, 0.2) is 6.20 Å². The van der Waals surface area contributed by atoms with Crippen molar-refractivity contribution in [3.8, 4) is 0 Å². The van der Waals surface area contributed by atoms with Gasteiger partial charge in [0.2, 0.25) is 0 Å². The normalized spacial score (nSPS) is 21.7. The third kappa shape index (κ3) is 3.92. The fraction of sp³-hybridized carbons (Fsp3) is 0.769. The van der Waals surface area contributed by atoms with E-state index in [0.29, 0.717) is 6.04 Å². The Balaban J connectivity index is 0.00000162. The molecule has 1 aliphatic heterocycles. The van der Waals surface area contributed by atoms with Crippen molar-refractivity contribution in [2.45, 2.75) is 45.7 Å². The van der Waals surface area contributed by atoms with Crippen LogP contribution in [-0.4, -0.2) is 35.6 Å². The zero-order valence-electron chi connectivity index (χ0n) is 11.7. The Bertz CT molecular complexity index is 373. The van der Waals surface area contributed by atoms with Gasteiger partial charge in [-0.1, -0.05) is 20.8 Å². The molecule has 1 fully saturated rings. The average Bonchev–Trinajstić information content (AvgIpc) is 2.69. The second-order valence-electron chi connectivity index (χ2n) is 5.89. The summed E-state index contributed by atoms with van der Waals surface area (Å²) in [7, 11) is 0. The Morgan fingerprint density at radius 3 is 2.78 bits per heavy atom. The highest BCUT2D eigenvalue weighted by atomic mass is 35.5. The van der Waals surface area contributed by atoms with Crippen LogP contribution in [0.1, 0.15) is 37.6 Å². The Labute approximate surface area is 120 Å². The zero-order valence-corrected chi connectivity index (χ0v) is 13.3. The molecule has 0 aliphatic carbocycles. The van der Waals surface area contributed by atoms with Gasteiger partial charge in [-0.25, -0.2) is 4.98 Å². The van der Waals surface area contributed by atoms with Crippen molar-refractivity contribution >= 4 is 23.7 Å². The Morgan fingerprint density at radius 1 is 1.50 bits per heavy atom. The van der Waals surface area contributed by atoms with E-state index in [1.807, 2.05) is 17.5 Å². The van der Waals surface area contributed by atoms with Crippen molar-refractivity contribution in [1.82, 2.24) is 15.2 Å². The van der Waals surface area contributed by atoms with Crippen molar-refractivity contribution in [2.24, 2.45) is 0 Å². The maximum Gasteiger partial charge on any atom is 0.107 e. The molecule has 1 saturated heterocycles. The first-order valence-electron chi connectivity index (χ1n) is 6.37. The van der Waals surface area contributed by atoms with Crippen LogP contribution in [0.25, 0.3) is 0 Å².